The average molecular weight is 495 g/mol. The van der Waals surface area contributed by atoms with Gasteiger partial charge in [-0.25, -0.2) is 14.8 Å². The van der Waals surface area contributed by atoms with Crippen LogP contribution in [0.25, 0.3) is 0 Å². The minimum absolute atomic E-state index is 0.167. The Labute approximate surface area is 208 Å². The molecule has 1 aliphatic rings. The van der Waals surface area contributed by atoms with Crippen molar-refractivity contribution < 1.29 is 23.4 Å². The second kappa shape index (κ2) is 11.9. The Kier molecular flexibility index (Phi) is 8.24. The van der Waals surface area contributed by atoms with Gasteiger partial charge in [0, 0.05) is 18.8 Å². The summed E-state index contributed by atoms with van der Waals surface area (Å²) < 4.78 is 30.5. The highest BCUT2D eigenvalue weighted by Crippen LogP contribution is 2.27. The molecule has 1 aromatic heterocycles. The van der Waals surface area contributed by atoms with E-state index in [9.17, 15) is 9.18 Å². The summed E-state index contributed by atoms with van der Waals surface area (Å²) in [5, 5.41) is 6.96. The first-order valence-electron chi connectivity index (χ1n) is 11.3. The van der Waals surface area contributed by atoms with Crippen LogP contribution in [0.1, 0.15) is 11.1 Å². The van der Waals surface area contributed by atoms with Crippen molar-refractivity contribution in [3.05, 3.63) is 65.6 Å². The van der Waals surface area contributed by atoms with E-state index in [0.29, 0.717) is 43.4 Å². The SMILES string of the molecule is COc1cc(/C=N\Nc2ncc(F)c(N3CCOCC3)n2)ccc1OCC(=O)Nc1ccccc1C. The van der Waals surface area contributed by atoms with Crippen molar-refractivity contribution >= 4 is 29.6 Å². The lowest BCUT2D eigenvalue weighted by atomic mass is 10.2. The van der Waals surface area contributed by atoms with Gasteiger partial charge in [0.2, 0.25) is 5.95 Å². The first-order valence-corrected chi connectivity index (χ1v) is 11.3. The summed E-state index contributed by atoms with van der Waals surface area (Å²) in [6.45, 7) is 3.89. The summed E-state index contributed by atoms with van der Waals surface area (Å²) in [6, 6.07) is 12.7. The van der Waals surface area contributed by atoms with Crippen LogP contribution < -0.4 is 25.1 Å². The van der Waals surface area contributed by atoms with Crippen molar-refractivity contribution in [2.24, 2.45) is 5.10 Å². The molecule has 11 heteroatoms. The van der Waals surface area contributed by atoms with Crippen LogP contribution in [0.5, 0.6) is 11.5 Å². The number of halogens is 1. The number of hydrogen-bond acceptors (Lipinski definition) is 9. The summed E-state index contributed by atoms with van der Waals surface area (Å²) >= 11 is 0. The van der Waals surface area contributed by atoms with Crippen LogP contribution in [-0.4, -0.2) is 62.1 Å². The Morgan fingerprint density at radius 1 is 1.22 bits per heavy atom. The highest BCUT2D eigenvalue weighted by molar-refractivity contribution is 5.92. The molecular formula is C25H27FN6O4. The predicted molar refractivity (Wildman–Crippen MR) is 135 cm³/mol. The molecule has 1 saturated heterocycles. The number of benzene rings is 2. The molecule has 10 nitrogen and oxygen atoms in total. The Balaban J connectivity index is 1.35. The number of morpholine rings is 1. The number of rotatable bonds is 9. The van der Waals surface area contributed by atoms with Crippen molar-refractivity contribution in [2.45, 2.75) is 6.92 Å². The number of carbonyl (C=O) groups excluding carboxylic acids is 1. The molecule has 36 heavy (non-hydrogen) atoms. The van der Waals surface area contributed by atoms with Gasteiger partial charge in [-0.15, -0.1) is 0 Å². The third kappa shape index (κ3) is 6.45. The lowest BCUT2D eigenvalue weighted by Gasteiger charge is -2.27. The van der Waals surface area contributed by atoms with Crippen LogP contribution in [0.4, 0.5) is 21.8 Å². The zero-order valence-corrected chi connectivity index (χ0v) is 20.0. The van der Waals surface area contributed by atoms with E-state index in [1.54, 1.807) is 23.1 Å². The van der Waals surface area contributed by atoms with Crippen molar-refractivity contribution in [2.75, 3.05) is 55.7 Å². The molecule has 2 aromatic carbocycles. The molecule has 1 fully saturated rings. The fourth-order valence-electron chi connectivity index (χ4n) is 3.50. The highest BCUT2D eigenvalue weighted by Gasteiger charge is 2.17. The molecule has 1 aliphatic heterocycles. The Morgan fingerprint density at radius 3 is 2.81 bits per heavy atom. The van der Waals surface area contributed by atoms with Crippen molar-refractivity contribution in [1.29, 1.82) is 0 Å². The molecule has 0 aliphatic carbocycles. The van der Waals surface area contributed by atoms with Gasteiger partial charge in [0.25, 0.3) is 5.91 Å². The predicted octanol–water partition coefficient (Wildman–Crippen LogP) is 3.23. The van der Waals surface area contributed by atoms with Crippen LogP contribution in [0, 0.1) is 12.7 Å². The zero-order valence-electron chi connectivity index (χ0n) is 20.0. The number of anilines is 3. The number of methoxy groups -OCH3 is 1. The minimum Gasteiger partial charge on any atom is -0.493 e. The standard InChI is InChI=1S/C25H27FN6O4/c1-17-5-3-4-6-20(17)29-23(33)16-36-21-8-7-18(13-22(21)34-2)14-28-31-25-27-15-19(26)24(30-25)32-9-11-35-12-10-32/h3-8,13-15H,9-12,16H2,1-2H3,(H,29,33)(H,27,30,31)/b28-14-. The Morgan fingerprint density at radius 2 is 2.03 bits per heavy atom. The van der Waals surface area contributed by atoms with Gasteiger partial charge >= 0.3 is 0 Å². The molecule has 0 spiro atoms. The zero-order chi connectivity index (χ0) is 25.3. The van der Waals surface area contributed by atoms with Gasteiger partial charge in [-0.1, -0.05) is 18.2 Å². The largest absolute Gasteiger partial charge is 0.493 e. The van der Waals surface area contributed by atoms with E-state index in [2.05, 4.69) is 25.8 Å². The molecule has 0 unspecified atom stereocenters. The number of aryl methyl sites for hydroxylation is 1. The number of aromatic nitrogens is 2. The molecule has 3 aromatic rings. The van der Waals surface area contributed by atoms with Gasteiger partial charge in [0.05, 0.1) is 32.7 Å². The van der Waals surface area contributed by atoms with E-state index in [4.69, 9.17) is 14.2 Å². The summed E-state index contributed by atoms with van der Waals surface area (Å²) in [4.78, 5) is 22.2. The van der Waals surface area contributed by atoms with E-state index < -0.39 is 5.82 Å². The molecule has 188 valence electrons. The molecule has 0 saturated carbocycles. The van der Waals surface area contributed by atoms with E-state index >= 15 is 0 Å². The van der Waals surface area contributed by atoms with E-state index in [-0.39, 0.29) is 24.3 Å². The number of ether oxygens (including phenoxy) is 3. The van der Waals surface area contributed by atoms with Crippen molar-refractivity contribution in [1.82, 2.24) is 9.97 Å². The quantitative estimate of drug-likeness (QED) is 0.345. The van der Waals surface area contributed by atoms with Gasteiger partial charge in [-0.3, -0.25) is 4.79 Å². The number of nitrogens with zero attached hydrogens (tertiary/aromatic N) is 4. The van der Waals surface area contributed by atoms with Gasteiger partial charge in [0.1, 0.15) is 0 Å². The second-order valence-electron chi connectivity index (χ2n) is 7.90. The van der Waals surface area contributed by atoms with Crippen LogP contribution >= 0.6 is 0 Å². The topological polar surface area (TPSA) is 110 Å². The van der Waals surface area contributed by atoms with Crippen LogP contribution in [0.15, 0.2) is 53.8 Å². The Hall–Kier alpha value is -4.25. The first kappa shape index (κ1) is 24.9. The van der Waals surface area contributed by atoms with Gasteiger partial charge in [0.15, 0.2) is 29.7 Å². The maximum absolute atomic E-state index is 14.2. The smallest absolute Gasteiger partial charge is 0.262 e. The van der Waals surface area contributed by atoms with Crippen molar-refractivity contribution in [3.63, 3.8) is 0 Å². The van der Waals surface area contributed by atoms with Gasteiger partial charge in [-0.05, 0) is 42.3 Å². The monoisotopic (exact) mass is 494 g/mol. The third-order valence-corrected chi connectivity index (χ3v) is 5.38. The summed E-state index contributed by atoms with van der Waals surface area (Å²) in [6.07, 6.45) is 2.65. The number of amides is 1. The number of carbonyl (C=O) groups is 1. The molecule has 2 heterocycles. The average Bonchev–Trinajstić information content (AvgIpc) is 2.90. The number of para-hydroxylation sites is 1. The normalized spacial score (nSPS) is 13.5. The fourth-order valence-corrected chi connectivity index (χ4v) is 3.50. The van der Waals surface area contributed by atoms with E-state index in [0.717, 1.165) is 17.4 Å². The molecule has 0 atom stereocenters. The minimum atomic E-state index is -0.501. The van der Waals surface area contributed by atoms with Crippen LogP contribution in [0.3, 0.4) is 0 Å². The number of hydrogen-bond donors (Lipinski definition) is 2. The lowest BCUT2D eigenvalue weighted by molar-refractivity contribution is -0.118. The third-order valence-electron chi connectivity index (χ3n) is 5.38. The lowest BCUT2D eigenvalue weighted by Crippen LogP contribution is -2.37. The summed E-state index contributed by atoms with van der Waals surface area (Å²) in [5.74, 6) is 0.451. The van der Waals surface area contributed by atoms with Crippen LogP contribution in [-0.2, 0) is 9.53 Å². The molecule has 4 rings (SSSR count). The number of hydrazone groups is 1. The maximum Gasteiger partial charge on any atom is 0.262 e. The summed E-state index contributed by atoms with van der Waals surface area (Å²) in [5.41, 5.74) is 5.12. The Bertz CT molecular complexity index is 1230. The van der Waals surface area contributed by atoms with E-state index in [1.165, 1.54) is 13.3 Å². The highest BCUT2D eigenvalue weighted by atomic mass is 19.1. The number of nitrogens with one attached hydrogen (secondary N) is 2. The molecule has 0 radical (unpaired) electrons. The molecule has 1 amide bonds. The second-order valence-corrected chi connectivity index (χ2v) is 7.90. The summed E-state index contributed by atoms with van der Waals surface area (Å²) in [7, 11) is 1.51. The molecule has 2 N–H and O–H groups in total. The fraction of sp³-hybridized carbons (Fsp3) is 0.280. The molecular weight excluding hydrogens is 467 g/mol. The van der Waals surface area contributed by atoms with E-state index in [1.807, 2.05) is 31.2 Å². The van der Waals surface area contributed by atoms with Crippen LogP contribution in [0.2, 0.25) is 0 Å². The first-order chi connectivity index (χ1) is 17.5. The van der Waals surface area contributed by atoms with Crippen molar-refractivity contribution in [3.8, 4) is 11.5 Å². The van der Waals surface area contributed by atoms with Gasteiger partial charge in [-0.2, -0.15) is 10.1 Å². The van der Waals surface area contributed by atoms with Gasteiger partial charge < -0.3 is 24.4 Å². The molecule has 0 bridgehead atoms. The maximum atomic E-state index is 14.2.